The summed E-state index contributed by atoms with van der Waals surface area (Å²) in [6, 6.07) is 13.2. The van der Waals surface area contributed by atoms with Gasteiger partial charge in [-0.25, -0.2) is 9.59 Å². The number of carboxylic acids is 1. The molecule has 0 heterocycles. The van der Waals surface area contributed by atoms with Crippen LogP contribution in [0, 0.1) is 0 Å². The van der Waals surface area contributed by atoms with Crippen LogP contribution in [0.15, 0.2) is 65.6 Å². The van der Waals surface area contributed by atoms with Gasteiger partial charge in [-0.1, -0.05) is 18.2 Å². The maximum absolute atomic E-state index is 12.3. The van der Waals surface area contributed by atoms with E-state index in [2.05, 4.69) is 5.32 Å². The number of hydrogen-bond acceptors (Lipinski definition) is 5. The number of carbonyl (C=O) groups is 3. The van der Waals surface area contributed by atoms with Gasteiger partial charge >= 0.3 is 11.9 Å². The Balaban J connectivity index is 1.93. The first-order chi connectivity index (χ1) is 13.0. The second-order valence-electron chi connectivity index (χ2n) is 5.29. The smallest absolute Gasteiger partial charge is 0.336 e. The summed E-state index contributed by atoms with van der Waals surface area (Å²) in [5.41, 5.74) is 0.620. The lowest BCUT2D eigenvalue weighted by molar-refractivity contribution is -0.137. The highest BCUT2D eigenvalue weighted by molar-refractivity contribution is 7.99. The van der Waals surface area contributed by atoms with Crippen LogP contribution in [0.5, 0.6) is 0 Å². The SMILES string of the molecule is CCOC(=O)/C=C/CSc1ccc(NC(=O)c2ccccc2C(=O)O)cc1. The molecule has 0 fully saturated rings. The third kappa shape index (κ3) is 6.31. The zero-order valence-electron chi connectivity index (χ0n) is 14.7. The fourth-order valence-electron chi connectivity index (χ4n) is 2.18. The Kier molecular flexibility index (Phi) is 7.63. The minimum Gasteiger partial charge on any atom is -0.478 e. The second kappa shape index (κ2) is 10.2. The summed E-state index contributed by atoms with van der Waals surface area (Å²) in [4.78, 5) is 35.7. The molecule has 0 bridgehead atoms. The number of ether oxygens (including phenoxy) is 1. The Morgan fingerprint density at radius 2 is 1.74 bits per heavy atom. The number of thioether (sulfide) groups is 1. The zero-order chi connectivity index (χ0) is 19.6. The lowest BCUT2D eigenvalue weighted by Gasteiger charge is -2.08. The van der Waals surface area contributed by atoms with Gasteiger partial charge in [-0.3, -0.25) is 4.79 Å². The van der Waals surface area contributed by atoms with E-state index in [0.29, 0.717) is 18.0 Å². The van der Waals surface area contributed by atoms with Crippen molar-refractivity contribution in [2.75, 3.05) is 17.7 Å². The van der Waals surface area contributed by atoms with E-state index in [4.69, 9.17) is 9.84 Å². The third-order valence-electron chi connectivity index (χ3n) is 3.40. The van der Waals surface area contributed by atoms with Crippen molar-refractivity contribution in [2.24, 2.45) is 0 Å². The second-order valence-corrected chi connectivity index (χ2v) is 6.39. The Labute approximate surface area is 161 Å². The summed E-state index contributed by atoms with van der Waals surface area (Å²) in [5, 5.41) is 11.9. The molecule has 0 saturated carbocycles. The highest BCUT2D eigenvalue weighted by atomic mass is 32.2. The van der Waals surface area contributed by atoms with Crippen LogP contribution < -0.4 is 5.32 Å². The van der Waals surface area contributed by atoms with Gasteiger partial charge in [-0.2, -0.15) is 0 Å². The van der Waals surface area contributed by atoms with Gasteiger partial charge in [-0.15, -0.1) is 11.8 Å². The number of carboxylic acid groups (broad SMARTS) is 1. The van der Waals surface area contributed by atoms with Crippen molar-refractivity contribution in [1.82, 2.24) is 0 Å². The van der Waals surface area contributed by atoms with Crippen LogP contribution in [-0.4, -0.2) is 35.3 Å². The maximum atomic E-state index is 12.3. The molecule has 0 unspecified atom stereocenters. The molecular weight excluding hydrogens is 366 g/mol. The Bertz CT molecular complexity index is 846. The van der Waals surface area contributed by atoms with Gasteiger partial charge in [0.05, 0.1) is 17.7 Å². The molecule has 0 saturated heterocycles. The van der Waals surface area contributed by atoms with Gasteiger partial charge < -0.3 is 15.2 Å². The molecule has 0 aliphatic carbocycles. The zero-order valence-corrected chi connectivity index (χ0v) is 15.5. The Morgan fingerprint density at radius 3 is 2.37 bits per heavy atom. The minimum absolute atomic E-state index is 0.0458. The summed E-state index contributed by atoms with van der Waals surface area (Å²) in [5.74, 6) is -1.39. The molecule has 0 aromatic heterocycles. The number of nitrogens with one attached hydrogen (secondary N) is 1. The molecule has 0 aliphatic heterocycles. The molecule has 7 heteroatoms. The predicted octanol–water partition coefficient (Wildman–Crippen LogP) is 3.85. The molecule has 2 N–H and O–H groups in total. The largest absolute Gasteiger partial charge is 0.478 e. The number of anilines is 1. The molecule has 0 atom stereocenters. The van der Waals surface area contributed by atoms with E-state index in [1.807, 2.05) is 12.1 Å². The summed E-state index contributed by atoms with van der Waals surface area (Å²) in [7, 11) is 0. The molecule has 1 amide bonds. The first kappa shape index (κ1) is 20.3. The molecule has 27 heavy (non-hydrogen) atoms. The van der Waals surface area contributed by atoms with Crippen LogP contribution in [0.25, 0.3) is 0 Å². The quantitative estimate of drug-likeness (QED) is 0.407. The average molecular weight is 385 g/mol. The van der Waals surface area contributed by atoms with Crippen LogP contribution in [0.2, 0.25) is 0 Å². The van der Waals surface area contributed by atoms with Crippen molar-refractivity contribution in [3.05, 3.63) is 71.8 Å². The van der Waals surface area contributed by atoms with Crippen LogP contribution in [0.3, 0.4) is 0 Å². The standard InChI is InChI=1S/C20H19NO5S/c1-2-26-18(22)8-5-13-27-15-11-9-14(10-12-15)21-19(23)16-6-3-4-7-17(16)20(24)25/h3-12H,2,13H2,1H3,(H,21,23)(H,24,25)/b8-5+. The highest BCUT2D eigenvalue weighted by Crippen LogP contribution is 2.21. The average Bonchev–Trinajstić information content (AvgIpc) is 2.66. The topological polar surface area (TPSA) is 92.7 Å². The normalized spacial score (nSPS) is 10.6. The molecule has 0 spiro atoms. The lowest BCUT2D eigenvalue weighted by atomic mass is 10.1. The number of esters is 1. The summed E-state index contributed by atoms with van der Waals surface area (Å²) in [6.45, 7) is 2.10. The molecule has 2 aromatic carbocycles. The van der Waals surface area contributed by atoms with E-state index in [-0.39, 0.29) is 17.1 Å². The van der Waals surface area contributed by atoms with E-state index in [0.717, 1.165) is 4.90 Å². The predicted molar refractivity (Wildman–Crippen MR) is 104 cm³/mol. The number of benzene rings is 2. The van der Waals surface area contributed by atoms with E-state index in [1.54, 1.807) is 37.3 Å². The number of rotatable bonds is 8. The maximum Gasteiger partial charge on any atom is 0.336 e. The first-order valence-electron chi connectivity index (χ1n) is 8.21. The molecule has 0 radical (unpaired) electrons. The fraction of sp³-hybridized carbons (Fsp3) is 0.150. The summed E-state index contributed by atoms with van der Waals surface area (Å²) in [6.07, 6.45) is 3.12. The van der Waals surface area contributed by atoms with Crippen LogP contribution in [0.1, 0.15) is 27.6 Å². The number of amides is 1. The highest BCUT2D eigenvalue weighted by Gasteiger charge is 2.15. The van der Waals surface area contributed by atoms with Gasteiger partial charge in [0.2, 0.25) is 0 Å². The Hall–Kier alpha value is -3.06. The van der Waals surface area contributed by atoms with E-state index >= 15 is 0 Å². The van der Waals surface area contributed by atoms with Crippen LogP contribution in [0.4, 0.5) is 5.69 Å². The van der Waals surface area contributed by atoms with Gasteiger partial charge in [0.15, 0.2) is 0 Å². The van der Waals surface area contributed by atoms with Crippen molar-refractivity contribution in [1.29, 1.82) is 0 Å². The van der Waals surface area contributed by atoms with Crippen molar-refractivity contribution in [2.45, 2.75) is 11.8 Å². The molecule has 2 aromatic rings. The number of aromatic carboxylic acids is 1. The van der Waals surface area contributed by atoms with Crippen molar-refractivity contribution in [3.8, 4) is 0 Å². The monoisotopic (exact) mass is 385 g/mol. The van der Waals surface area contributed by atoms with Gasteiger partial charge in [0, 0.05) is 22.4 Å². The minimum atomic E-state index is -1.15. The van der Waals surface area contributed by atoms with Crippen molar-refractivity contribution in [3.63, 3.8) is 0 Å². The van der Waals surface area contributed by atoms with Gasteiger partial charge in [0.1, 0.15) is 0 Å². The van der Waals surface area contributed by atoms with E-state index in [1.165, 1.54) is 30.0 Å². The van der Waals surface area contributed by atoms with Crippen LogP contribution >= 0.6 is 11.8 Å². The van der Waals surface area contributed by atoms with Gasteiger partial charge in [0.25, 0.3) is 5.91 Å². The van der Waals surface area contributed by atoms with E-state index < -0.39 is 11.9 Å². The number of hydrogen-bond donors (Lipinski definition) is 2. The molecule has 140 valence electrons. The van der Waals surface area contributed by atoms with Crippen molar-refractivity contribution >= 4 is 35.3 Å². The van der Waals surface area contributed by atoms with E-state index in [9.17, 15) is 14.4 Å². The van der Waals surface area contributed by atoms with Crippen LogP contribution in [-0.2, 0) is 9.53 Å². The Morgan fingerprint density at radius 1 is 1.07 bits per heavy atom. The molecular formula is C20H19NO5S. The first-order valence-corrected chi connectivity index (χ1v) is 9.19. The molecule has 0 aliphatic rings. The van der Waals surface area contributed by atoms with Crippen molar-refractivity contribution < 1.29 is 24.2 Å². The molecule has 6 nitrogen and oxygen atoms in total. The van der Waals surface area contributed by atoms with Gasteiger partial charge in [-0.05, 0) is 43.3 Å². The fourth-order valence-corrected chi connectivity index (χ4v) is 2.89. The summed E-state index contributed by atoms with van der Waals surface area (Å²) < 4.78 is 4.79. The molecule has 2 rings (SSSR count). The summed E-state index contributed by atoms with van der Waals surface area (Å²) >= 11 is 1.53. The lowest BCUT2D eigenvalue weighted by Crippen LogP contribution is -2.16. The third-order valence-corrected chi connectivity index (χ3v) is 4.37. The number of carbonyl (C=O) groups excluding carboxylic acids is 2.